The van der Waals surface area contributed by atoms with Gasteiger partial charge in [0.2, 0.25) is 0 Å². The van der Waals surface area contributed by atoms with Gasteiger partial charge in [0.05, 0.1) is 0 Å². The summed E-state index contributed by atoms with van der Waals surface area (Å²) in [6.45, 7) is 8.25. The van der Waals surface area contributed by atoms with Crippen LogP contribution in [0.2, 0.25) is 0 Å². The Labute approximate surface area is 128 Å². The van der Waals surface area contributed by atoms with E-state index in [9.17, 15) is 4.79 Å². The molecule has 1 aromatic carbocycles. The average molecular weight is 292 g/mol. The summed E-state index contributed by atoms with van der Waals surface area (Å²) in [7, 11) is 0. The van der Waals surface area contributed by atoms with E-state index < -0.39 is 0 Å². The quantitative estimate of drug-likeness (QED) is 0.774. The van der Waals surface area contributed by atoms with Crippen LogP contribution in [0.15, 0.2) is 24.3 Å². The Morgan fingerprint density at radius 3 is 2.57 bits per heavy atom. The molecular weight excluding hydrogens is 264 g/mol. The number of carbonyl (C=O) groups is 1. The molecule has 118 valence electrons. The molecule has 1 amide bonds. The number of hydrogen-bond donors (Lipinski definition) is 2. The van der Waals surface area contributed by atoms with Gasteiger partial charge < -0.3 is 15.8 Å². The second-order valence-electron chi connectivity index (χ2n) is 5.87. The minimum absolute atomic E-state index is 0.0371. The summed E-state index contributed by atoms with van der Waals surface area (Å²) in [6.07, 6.45) is 1.68. The molecule has 21 heavy (non-hydrogen) atoms. The van der Waals surface area contributed by atoms with Gasteiger partial charge in [-0.15, -0.1) is 0 Å². The first-order chi connectivity index (χ1) is 9.93. The lowest BCUT2D eigenvalue weighted by Crippen LogP contribution is -2.39. The Kier molecular flexibility index (Phi) is 7.23. The first kappa shape index (κ1) is 17.5. The van der Waals surface area contributed by atoms with E-state index in [4.69, 9.17) is 10.5 Å². The molecule has 0 saturated carbocycles. The normalized spacial score (nSPS) is 13.8. The fourth-order valence-corrected chi connectivity index (χ4v) is 1.85. The number of nitrogens with two attached hydrogens (primary N) is 1. The van der Waals surface area contributed by atoms with Crippen molar-refractivity contribution in [3.8, 4) is 5.75 Å². The Bertz CT molecular complexity index is 446. The fourth-order valence-electron chi connectivity index (χ4n) is 1.85. The van der Waals surface area contributed by atoms with Crippen LogP contribution >= 0.6 is 0 Å². The largest absolute Gasteiger partial charge is 0.483 e. The molecule has 4 nitrogen and oxygen atoms in total. The summed E-state index contributed by atoms with van der Waals surface area (Å²) in [6, 6.07) is 8.02. The summed E-state index contributed by atoms with van der Waals surface area (Å²) < 4.78 is 5.66. The van der Waals surface area contributed by atoms with E-state index in [1.165, 1.54) is 0 Å². The molecular formula is C17H28N2O2. The Balaban J connectivity index is 2.57. The molecule has 2 unspecified atom stereocenters. The van der Waals surface area contributed by atoms with Gasteiger partial charge >= 0.3 is 0 Å². The number of amides is 1. The third-order valence-corrected chi connectivity index (χ3v) is 3.73. The van der Waals surface area contributed by atoms with Crippen LogP contribution in [0.1, 0.15) is 39.7 Å². The van der Waals surface area contributed by atoms with Crippen molar-refractivity contribution in [1.82, 2.24) is 5.32 Å². The molecule has 0 aliphatic carbocycles. The highest BCUT2D eigenvalue weighted by atomic mass is 16.5. The third-order valence-electron chi connectivity index (χ3n) is 3.73. The average Bonchev–Trinajstić information content (AvgIpc) is 2.46. The smallest absolute Gasteiger partial charge is 0.258 e. The summed E-state index contributed by atoms with van der Waals surface area (Å²) >= 11 is 0. The van der Waals surface area contributed by atoms with E-state index in [1.807, 2.05) is 31.2 Å². The SMILES string of the molecule is CCC(N)Cc1ccccc1OCC(=O)NC(C)C(C)C. The van der Waals surface area contributed by atoms with E-state index >= 15 is 0 Å². The van der Waals surface area contributed by atoms with Crippen molar-refractivity contribution < 1.29 is 9.53 Å². The molecule has 0 bridgehead atoms. The van der Waals surface area contributed by atoms with E-state index in [2.05, 4.69) is 26.1 Å². The van der Waals surface area contributed by atoms with Gasteiger partial charge in [-0.2, -0.15) is 0 Å². The standard InChI is InChI=1S/C17H28N2O2/c1-5-15(18)10-14-8-6-7-9-16(14)21-11-17(20)19-13(4)12(2)3/h6-9,12-13,15H,5,10-11,18H2,1-4H3,(H,19,20). The molecule has 0 aliphatic heterocycles. The van der Waals surface area contributed by atoms with Gasteiger partial charge in [-0.25, -0.2) is 0 Å². The van der Waals surface area contributed by atoms with Crippen molar-refractivity contribution in [2.24, 2.45) is 11.7 Å². The molecule has 0 fully saturated rings. The molecule has 0 radical (unpaired) electrons. The summed E-state index contributed by atoms with van der Waals surface area (Å²) in [5.74, 6) is 1.06. The number of nitrogens with one attached hydrogen (secondary N) is 1. The van der Waals surface area contributed by atoms with Crippen molar-refractivity contribution in [3.63, 3.8) is 0 Å². The predicted molar refractivity (Wildman–Crippen MR) is 86.4 cm³/mol. The Morgan fingerprint density at radius 2 is 1.95 bits per heavy atom. The highest BCUT2D eigenvalue weighted by Gasteiger charge is 2.12. The lowest BCUT2D eigenvalue weighted by molar-refractivity contribution is -0.124. The summed E-state index contributed by atoms with van der Waals surface area (Å²) in [4.78, 5) is 11.9. The van der Waals surface area contributed by atoms with Crippen LogP contribution in [0.5, 0.6) is 5.75 Å². The highest BCUT2D eigenvalue weighted by molar-refractivity contribution is 5.77. The number of benzene rings is 1. The van der Waals surface area contributed by atoms with E-state index in [0.717, 1.165) is 24.2 Å². The van der Waals surface area contributed by atoms with Gasteiger partial charge in [-0.05, 0) is 37.3 Å². The van der Waals surface area contributed by atoms with Gasteiger partial charge in [0.25, 0.3) is 5.91 Å². The summed E-state index contributed by atoms with van der Waals surface area (Å²) in [5.41, 5.74) is 7.05. The van der Waals surface area contributed by atoms with Crippen molar-refractivity contribution in [2.75, 3.05) is 6.61 Å². The van der Waals surface area contributed by atoms with E-state index in [-0.39, 0.29) is 24.6 Å². The minimum Gasteiger partial charge on any atom is -0.483 e. The monoisotopic (exact) mass is 292 g/mol. The molecule has 0 spiro atoms. The van der Waals surface area contributed by atoms with Crippen LogP contribution in [0, 0.1) is 5.92 Å². The third kappa shape index (κ3) is 6.17. The van der Waals surface area contributed by atoms with Gasteiger partial charge in [0.15, 0.2) is 6.61 Å². The topological polar surface area (TPSA) is 64.3 Å². The predicted octanol–water partition coefficient (Wildman–Crippen LogP) is 2.51. The Morgan fingerprint density at radius 1 is 1.29 bits per heavy atom. The highest BCUT2D eigenvalue weighted by Crippen LogP contribution is 2.19. The van der Waals surface area contributed by atoms with Gasteiger partial charge in [0, 0.05) is 12.1 Å². The first-order valence-corrected chi connectivity index (χ1v) is 7.69. The lowest BCUT2D eigenvalue weighted by atomic mass is 10.0. The van der Waals surface area contributed by atoms with Gasteiger partial charge in [0.1, 0.15) is 5.75 Å². The molecule has 0 aromatic heterocycles. The zero-order valence-corrected chi connectivity index (χ0v) is 13.6. The van der Waals surface area contributed by atoms with Crippen LogP contribution in [0.25, 0.3) is 0 Å². The number of hydrogen-bond acceptors (Lipinski definition) is 3. The van der Waals surface area contributed by atoms with Crippen LogP contribution in [0.4, 0.5) is 0 Å². The maximum Gasteiger partial charge on any atom is 0.258 e. The molecule has 4 heteroatoms. The maximum atomic E-state index is 11.9. The van der Waals surface area contributed by atoms with Crippen molar-refractivity contribution in [3.05, 3.63) is 29.8 Å². The first-order valence-electron chi connectivity index (χ1n) is 7.69. The Hall–Kier alpha value is -1.55. The summed E-state index contributed by atoms with van der Waals surface area (Å²) in [5, 5.41) is 2.93. The molecule has 3 N–H and O–H groups in total. The van der Waals surface area contributed by atoms with Gasteiger partial charge in [-0.1, -0.05) is 39.0 Å². The minimum atomic E-state index is -0.0919. The second-order valence-corrected chi connectivity index (χ2v) is 5.87. The zero-order chi connectivity index (χ0) is 15.8. The zero-order valence-electron chi connectivity index (χ0n) is 13.6. The number of ether oxygens (including phenoxy) is 1. The van der Waals surface area contributed by atoms with E-state index in [1.54, 1.807) is 0 Å². The van der Waals surface area contributed by atoms with Crippen molar-refractivity contribution in [2.45, 2.75) is 52.6 Å². The maximum absolute atomic E-state index is 11.9. The number of carbonyl (C=O) groups excluding carboxylic acids is 1. The fraction of sp³-hybridized carbons (Fsp3) is 0.588. The molecule has 1 rings (SSSR count). The molecule has 1 aromatic rings. The number of rotatable bonds is 8. The van der Waals surface area contributed by atoms with Crippen LogP contribution in [-0.2, 0) is 11.2 Å². The van der Waals surface area contributed by atoms with Gasteiger partial charge in [-0.3, -0.25) is 4.79 Å². The van der Waals surface area contributed by atoms with Crippen molar-refractivity contribution >= 4 is 5.91 Å². The van der Waals surface area contributed by atoms with Crippen LogP contribution < -0.4 is 15.8 Å². The van der Waals surface area contributed by atoms with Crippen LogP contribution in [0.3, 0.4) is 0 Å². The van der Waals surface area contributed by atoms with E-state index in [0.29, 0.717) is 5.92 Å². The molecule has 0 saturated heterocycles. The van der Waals surface area contributed by atoms with Crippen LogP contribution in [-0.4, -0.2) is 24.6 Å². The lowest BCUT2D eigenvalue weighted by Gasteiger charge is -2.18. The number of para-hydroxylation sites is 1. The molecule has 0 heterocycles. The van der Waals surface area contributed by atoms with Crippen molar-refractivity contribution in [1.29, 1.82) is 0 Å². The second kappa shape index (κ2) is 8.67. The molecule has 0 aliphatic rings. The molecule has 2 atom stereocenters.